The standard InChI is InChI=1S/C16H14BrN3O3/c1-20-15(23)19-14(22)16(20,12-4-2-3-9-18-12)13(21)10-5-7-11(17)8-6-10/h2-9,13,21H,1H3,(H,19,22,23). The normalized spacial score (nSPS) is 22.1. The maximum absolute atomic E-state index is 12.6. The van der Waals surface area contributed by atoms with Gasteiger partial charge < -0.3 is 10.0 Å². The average molecular weight is 376 g/mol. The highest BCUT2D eigenvalue weighted by Crippen LogP contribution is 2.42. The molecule has 3 amide bonds. The summed E-state index contributed by atoms with van der Waals surface area (Å²) in [4.78, 5) is 30.0. The van der Waals surface area contributed by atoms with Crippen molar-refractivity contribution in [2.75, 3.05) is 7.05 Å². The Labute approximate surface area is 141 Å². The van der Waals surface area contributed by atoms with Gasteiger partial charge in [-0.3, -0.25) is 15.1 Å². The first-order chi connectivity index (χ1) is 11.0. The Balaban J connectivity index is 2.19. The predicted molar refractivity (Wildman–Crippen MR) is 86.3 cm³/mol. The van der Waals surface area contributed by atoms with Crippen LogP contribution in [0.5, 0.6) is 0 Å². The molecule has 1 saturated heterocycles. The van der Waals surface area contributed by atoms with Crippen molar-refractivity contribution in [3.05, 3.63) is 64.4 Å². The zero-order valence-corrected chi connectivity index (χ0v) is 13.8. The summed E-state index contributed by atoms with van der Waals surface area (Å²) in [5.74, 6) is -0.598. The third-order valence-corrected chi connectivity index (χ3v) is 4.57. The Bertz CT molecular complexity index is 751. The van der Waals surface area contributed by atoms with Gasteiger partial charge in [0.1, 0.15) is 6.10 Å². The molecule has 2 N–H and O–H groups in total. The van der Waals surface area contributed by atoms with Crippen LogP contribution in [0.15, 0.2) is 53.1 Å². The summed E-state index contributed by atoms with van der Waals surface area (Å²) in [5, 5.41) is 13.2. The highest BCUT2D eigenvalue weighted by molar-refractivity contribution is 9.10. The Morgan fingerprint density at radius 1 is 1.22 bits per heavy atom. The van der Waals surface area contributed by atoms with E-state index in [2.05, 4.69) is 26.2 Å². The van der Waals surface area contributed by atoms with Crippen LogP contribution in [-0.4, -0.2) is 34.0 Å². The molecule has 2 atom stereocenters. The van der Waals surface area contributed by atoms with Gasteiger partial charge >= 0.3 is 6.03 Å². The molecule has 2 heterocycles. The number of rotatable bonds is 3. The summed E-state index contributed by atoms with van der Waals surface area (Å²) in [6.45, 7) is 0. The number of hydrogen-bond donors (Lipinski definition) is 2. The first-order valence-electron chi connectivity index (χ1n) is 6.92. The van der Waals surface area contributed by atoms with Crippen LogP contribution in [0.25, 0.3) is 0 Å². The van der Waals surface area contributed by atoms with Gasteiger partial charge in [-0.2, -0.15) is 0 Å². The van der Waals surface area contributed by atoms with Crippen LogP contribution in [0.1, 0.15) is 17.4 Å². The van der Waals surface area contributed by atoms with Crippen molar-refractivity contribution in [1.82, 2.24) is 15.2 Å². The first kappa shape index (κ1) is 15.6. The number of imide groups is 1. The van der Waals surface area contributed by atoms with E-state index in [1.165, 1.54) is 18.1 Å². The van der Waals surface area contributed by atoms with E-state index < -0.39 is 23.6 Å². The van der Waals surface area contributed by atoms with E-state index in [1.54, 1.807) is 42.5 Å². The maximum atomic E-state index is 12.6. The molecule has 1 aromatic carbocycles. The van der Waals surface area contributed by atoms with Crippen molar-refractivity contribution in [3.63, 3.8) is 0 Å². The average Bonchev–Trinajstić information content (AvgIpc) is 2.79. The lowest BCUT2D eigenvalue weighted by molar-refractivity contribution is -0.133. The molecular weight excluding hydrogens is 362 g/mol. The van der Waals surface area contributed by atoms with Crippen LogP contribution in [0.2, 0.25) is 0 Å². The summed E-state index contributed by atoms with van der Waals surface area (Å²) >= 11 is 3.33. The van der Waals surface area contributed by atoms with Crippen molar-refractivity contribution in [3.8, 4) is 0 Å². The second-order valence-electron chi connectivity index (χ2n) is 5.25. The van der Waals surface area contributed by atoms with Gasteiger partial charge in [0.25, 0.3) is 5.91 Å². The fraction of sp³-hybridized carbons (Fsp3) is 0.188. The first-order valence-corrected chi connectivity index (χ1v) is 7.71. The number of carbonyl (C=O) groups is 2. The van der Waals surface area contributed by atoms with Crippen molar-refractivity contribution < 1.29 is 14.7 Å². The molecule has 0 radical (unpaired) electrons. The molecule has 0 aliphatic carbocycles. The fourth-order valence-corrected chi connectivity index (χ4v) is 3.06. The molecule has 7 heteroatoms. The van der Waals surface area contributed by atoms with Gasteiger partial charge in [0.15, 0.2) is 5.54 Å². The fourth-order valence-electron chi connectivity index (χ4n) is 2.80. The summed E-state index contributed by atoms with van der Waals surface area (Å²) in [5.41, 5.74) is -0.788. The highest BCUT2D eigenvalue weighted by atomic mass is 79.9. The van der Waals surface area contributed by atoms with Crippen LogP contribution in [0, 0.1) is 0 Å². The van der Waals surface area contributed by atoms with E-state index >= 15 is 0 Å². The molecule has 1 fully saturated rings. The van der Waals surface area contributed by atoms with Crippen LogP contribution in [0.4, 0.5) is 4.79 Å². The van der Waals surface area contributed by atoms with Gasteiger partial charge in [-0.15, -0.1) is 0 Å². The van der Waals surface area contributed by atoms with E-state index in [4.69, 9.17) is 0 Å². The lowest BCUT2D eigenvalue weighted by Crippen LogP contribution is -2.50. The van der Waals surface area contributed by atoms with E-state index in [0.29, 0.717) is 11.3 Å². The van der Waals surface area contributed by atoms with Crippen LogP contribution >= 0.6 is 15.9 Å². The second-order valence-corrected chi connectivity index (χ2v) is 6.17. The predicted octanol–water partition coefficient (Wildman–Crippen LogP) is 1.95. The third kappa shape index (κ3) is 2.32. The van der Waals surface area contributed by atoms with E-state index in [-0.39, 0.29) is 0 Å². The van der Waals surface area contributed by atoms with Gasteiger partial charge in [-0.05, 0) is 29.8 Å². The number of benzene rings is 1. The third-order valence-electron chi connectivity index (χ3n) is 4.04. The van der Waals surface area contributed by atoms with Crippen molar-refractivity contribution >= 4 is 27.9 Å². The zero-order valence-electron chi connectivity index (χ0n) is 12.2. The quantitative estimate of drug-likeness (QED) is 0.803. The second kappa shape index (κ2) is 5.75. The van der Waals surface area contributed by atoms with Crippen molar-refractivity contribution in [2.24, 2.45) is 0 Å². The Morgan fingerprint density at radius 2 is 1.91 bits per heavy atom. The van der Waals surface area contributed by atoms with Gasteiger partial charge in [-0.1, -0.05) is 34.1 Å². The molecule has 1 aromatic heterocycles. The van der Waals surface area contributed by atoms with Crippen LogP contribution in [-0.2, 0) is 10.3 Å². The lowest BCUT2D eigenvalue weighted by Gasteiger charge is -2.36. The number of aliphatic hydroxyl groups is 1. The molecule has 118 valence electrons. The van der Waals surface area contributed by atoms with Gasteiger partial charge in [0.2, 0.25) is 0 Å². The molecule has 3 rings (SSSR count). The molecule has 23 heavy (non-hydrogen) atoms. The number of aliphatic hydroxyl groups excluding tert-OH is 1. The van der Waals surface area contributed by atoms with E-state index in [0.717, 1.165) is 4.47 Å². The summed E-state index contributed by atoms with van der Waals surface area (Å²) in [6, 6.07) is 11.4. The number of halogens is 1. The monoisotopic (exact) mass is 375 g/mol. The minimum atomic E-state index is -1.60. The van der Waals surface area contributed by atoms with Crippen molar-refractivity contribution in [1.29, 1.82) is 0 Å². The number of carbonyl (C=O) groups excluding carboxylic acids is 2. The number of pyridine rings is 1. The van der Waals surface area contributed by atoms with Gasteiger partial charge in [0, 0.05) is 17.7 Å². The van der Waals surface area contributed by atoms with Gasteiger partial charge in [-0.25, -0.2) is 4.79 Å². The number of likely N-dealkylation sites (N-methyl/N-ethyl adjacent to an activating group) is 1. The summed E-state index contributed by atoms with van der Waals surface area (Å²) in [6.07, 6.45) is 0.261. The minimum absolute atomic E-state index is 0.307. The Hall–Kier alpha value is -2.25. The molecule has 6 nitrogen and oxygen atoms in total. The number of aromatic nitrogens is 1. The van der Waals surface area contributed by atoms with Crippen LogP contribution < -0.4 is 5.32 Å². The molecular formula is C16H14BrN3O3. The molecule has 0 bridgehead atoms. The molecule has 0 spiro atoms. The lowest BCUT2D eigenvalue weighted by atomic mass is 9.83. The van der Waals surface area contributed by atoms with E-state index in [9.17, 15) is 14.7 Å². The molecule has 0 saturated carbocycles. The smallest absolute Gasteiger partial charge is 0.325 e. The molecule has 1 aliphatic heterocycles. The SMILES string of the molecule is CN1C(=O)NC(=O)C1(c1ccccn1)C(O)c1ccc(Br)cc1. The maximum Gasteiger partial charge on any atom is 0.325 e. The van der Waals surface area contributed by atoms with Crippen LogP contribution in [0.3, 0.4) is 0 Å². The van der Waals surface area contributed by atoms with E-state index in [1.807, 2.05) is 0 Å². The Kier molecular flexibility index (Phi) is 3.91. The zero-order chi connectivity index (χ0) is 16.6. The minimum Gasteiger partial charge on any atom is -0.385 e. The Morgan fingerprint density at radius 3 is 2.43 bits per heavy atom. The van der Waals surface area contributed by atoms with Crippen molar-refractivity contribution in [2.45, 2.75) is 11.6 Å². The topological polar surface area (TPSA) is 82.5 Å². The number of nitrogens with zero attached hydrogens (tertiary/aromatic N) is 2. The molecule has 2 aromatic rings. The number of nitrogens with one attached hydrogen (secondary N) is 1. The summed E-state index contributed by atoms with van der Waals surface area (Å²) in [7, 11) is 1.47. The largest absolute Gasteiger partial charge is 0.385 e. The number of urea groups is 1. The molecule has 1 aliphatic rings. The molecule has 2 unspecified atom stereocenters. The van der Waals surface area contributed by atoms with Gasteiger partial charge in [0.05, 0.1) is 5.69 Å². The number of amides is 3. The highest BCUT2D eigenvalue weighted by Gasteiger charge is 2.58. The summed E-state index contributed by atoms with van der Waals surface area (Å²) < 4.78 is 0.848. The number of hydrogen-bond acceptors (Lipinski definition) is 4.